The van der Waals surface area contributed by atoms with Gasteiger partial charge in [-0.2, -0.15) is 0 Å². The van der Waals surface area contributed by atoms with E-state index in [0.29, 0.717) is 11.4 Å². The number of anilines is 1. The van der Waals surface area contributed by atoms with Crippen LogP contribution in [0.1, 0.15) is 21.7 Å². The molecule has 3 rings (SSSR count). The number of carbonyl (C=O) groups excluding carboxylic acids is 3. The molecule has 0 aliphatic rings. The molecule has 0 bridgehead atoms. The quantitative estimate of drug-likeness (QED) is 0.428. The minimum Gasteiger partial charge on any atom is -0.467 e. The molecule has 172 valence electrons. The average Bonchev–Trinajstić information content (AvgIpc) is 3.31. The van der Waals surface area contributed by atoms with Crippen LogP contribution in [0.4, 0.5) is 10.5 Å². The molecule has 0 saturated heterocycles. The van der Waals surface area contributed by atoms with E-state index in [2.05, 4.69) is 10.0 Å². The fourth-order valence-electron chi connectivity index (χ4n) is 2.61. The third kappa shape index (κ3) is 6.94. The molecule has 0 spiro atoms. The SMILES string of the molecule is Cc1ccc(NS(=O)(=O)c2ccc(C(=O)OCC(=O)NC(=O)NCc3ccco3)cc2)cc1. The molecular weight excluding hydrogens is 450 g/mol. The van der Waals surface area contributed by atoms with Crippen LogP contribution in [-0.4, -0.2) is 32.9 Å². The van der Waals surface area contributed by atoms with Crippen molar-refractivity contribution >= 4 is 33.6 Å². The second-order valence-corrected chi connectivity index (χ2v) is 8.56. The number of esters is 1. The van der Waals surface area contributed by atoms with Crippen LogP contribution in [-0.2, 0) is 26.1 Å². The standard InChI is InChI=1S/C22H21N3O7S/c1-15-4-8-17(9-5-15)25-33(29,30)19-10-6-16(7-11-19)21(27)32-14-20(26)24-22(28)23-13-18-3-2-12-31-18/h2-12,25H,13-14H2,1H3,(H2,23,24,26,28). The lowest BCUT2D eigenvalue weighted by Gasteiger charge is -2.09. The Bertz CT molecular complexity index is 1220. The number of amides is 3. The molecule has 1 aromatic heterocycles. The number of aryl methyl sites for hydroxylation is 1. The van der Waals surface area contributed by atoms with Crippen molar-refractivity contribution in [3.63, 3.8) is 0 Å². The largest absolute Gasteiger partial charge is 0.467 e. The van der Waals surface area contributed by atoms with E-state index in [1.807, 2.05) is 12.2 Å². The van der Waals surface area contributed by atoms with E-state index in [0.717, 1.165) is 5.56 Å². The number of nitrogens with one attached hydrogen (secondary N) is 3. The van der Waals surface area contributed by atoms with Gasteiger partial charge in [-0.3, -0.25) is 14.8 Å². The van der Waals surface area contributed by atoms with Crippen LogP contribution < -0.4 is 15.4 Å². The highest BCUT2D eigenvalue weighted by molar-refractivity contribution is 7.92. The Hall–Kier alpha value is -4.12. The molecule has 0 saturated carbocycles. The number of hydrogen-bond donors (Lipinski definition) is 3. The van der Waals surface area contributed by atoms with Crippen LogP contribution in [0.3, 0.4) is 0 Å². The summed E-state index contributed by atoms with van der Waals surface area (Å²) in [7, 11) is -3.85. The lowest BCUT2D eigenvalue weighted by molar-refractivity contribution is -0.123. The molecule has 10 nitrogen and oxygen atoms in total. The Morgan fingerprint density at radius 2 is 1.67 bits per heavy atom. The summed E-state index contributed by atoms with van der Waals surface area (Å²) in [6.45, 7) is 1.28. The predicted octanol–water partition coefficient (Wildman–Crippen LogP) is 2.57. The number of carbonyl (C=O) groups is 3. The number of ether oxygens (including phenoxy) is 1. The zero-order valence-electron chi connectivity index (χ0n) is 17.5. The van der Waals surface area contributed by atoms with Gasteiger partial charge in [0.1, 0.15) is 5.76 Å². The van der Waals surface area contributed by atoms with E-state index in [1.54, 1.807) is 36.4 Å². The third-order valence-electron chi connectivity index (χ3n) is 4.29. The van der Waals surface area contributed by atoms with Gasteiger partial charge in [0, 0.05) is 5.69 Å². The monoisotopic (exact) mass is 471 g/mol. The molecule has 11 heteroatoms. The Morgan fingerprint density at radius 1 is 0.970 bits per heavy atom. The van der Waals surface area contributed by atoms with Gasteiger partial charge >= 0.3 is 12.0 Å². The van der Waals surface area contributed by atoms with E-state index in [4.69, 9.17) is 9.15 Å². The second-order valence-electron chi connectivity index (χ2n) is 6.88. The lowest BCUT2D eigenvalue weighted by Crippen LogP contribution is -2.41. The van der Waals surface area contributed by atoms with Crippen molar-refractivity contribution in [2.75, 3.05) is 11.3 Å². The zero-order valence-corrected chi connectivity index (χ0v) is 18.3. The first kappa shape index (κ1) is 23.5. The fourth-order valence-corrected chi connectivity index (χ4v) is 3.67. The van der Waals surface area contributed by atoms with Gasteiger partial charge in [-0.1, -0.05) is 17.7 Å². The first-order valence-electron chi connectivity index (χ1n) is 9.70. The van der Waals surface area contributed by atoms with Gasteiger partial charge in [-0.15, -0.1) is 0 Å². The Kier molecular flexibility index (Phi) is 7.46. The van der Waals surface area contributed by atoms with Gasteiger partial charge in [0.2, 0.25) is 0 Å². The Morgan fingerprint density at radius 3 is 2.30 bits per heavy atom. The minimum absolute atomic E-state index is 0.0411. The van der Waals surface area contributed by atoms with Crippen molar-refractivity contribution in [1.82, 2.24) is 10.6 Å². The highest BCUT2D eigenvalue weighted by atomic mass is 32.2. The molecule has 2 aromatic carbocycles. The fraction of sp³-hybridized carbons (Fsp3) is 0.136. The van der Waals surface area contributed by atoms with Gasteiger partial charge < -0.3 is 14.5 Å². The Balaban J connectivity index is 1.48. The molecule has 0 fully saturated rings. The maximum atomic E-state index is 12.5. The first-order chi connectivity index (χ1) is 15.7. The van der Waals surface area contributed by atoms with Crippen LogP contribution in [0, 0.1) is 6.92 Å². The molecule has 0 aliphatic carbocycles. The van der Waals surface area contributed by atoms with E-state index >= 15 is 0 Å². The molecular formula is C22H21N3O7S. The molecule has 3 aromatic rings. The van der Waals surface area contributed by atoms with Crippen LogP contribution >= 0.6 is 0 Å². The van der Waals surface area contributed by atoms with Gasteiger partial charge in [0.25, 0.3) is 15.9 Å². The van der Waals surface area contributed by atoms with Crippen molar-refractivity contribution in [3.05, 3.63) is 83.8 Å². The minimum atomic E-state index is -3.85. The van der Waals surface area contributed by atoms with Crippen molar-refractivity contribution in [1.29, 1.82) is 0 Å². The van der Waals surface area contributed by atoms with Gasteiger partial charge in [0.15, 0.2) is 6.61 Å². The number of benzene rings is 2. The number of furan rings is 1. The molecule has 0 radical (unpaired) electrons. The summed E-state index contributed by atoms with van der Waals surface area (Å²) in [6, 6.07) is 14.4. The van der Waals surface area contributed by atoms with Crippen LogP contribution in [0.25, 0.3) is 0 Å². The maximum absolute atomic E-state index is 12.5. The van der Waals surface area contributed by atoms with E-state index in [-0.39, 0.29) is 17.0 Å². The van der Waals surface area contributed by atoms with Crippen LogP contribution in [0.5, 0.6) is 0 Å². The van der Waals surface area contributed by atoms with Crippen molar-refractivity contribution in [3.8, 4) is 0 Å². The highest BCUT2D eigenvalue weighted by Crippen LogP contribution is 2.17. The van der Waals surface area contributed by atoms with E-state index in [9.17, 15) is 22.8 Å². The summed E-state index contributed by atoms with van der Waals surface area (Å²) < 4.78 is 37.3. The number of urea groups is 1. The van der Waals surface area contributed by atoms with Gasteiger partial charge in [-0.05, 0) is 55.5 Å². The molecule has 3 N–H and O–H groups in total. The molecule has 0 atom stereocenters. The number of imide groups is 1. The van der Waals surface area contributed by atoms with Crippen LogP contribution in [0.15, 0.2) is 76.2 Å². The molecule has 0 unspecified atom stereocenters. The summed E-state index contributed by atoms with van der Waals surface area (Å²) in [6.07, 6.45) is 1.45. The number of sulfonamides is 1. The summed E-state index contributed by atoms with van der Waals surface area (Å²) >= 11 is 0. The highest BCUT2D eigenvalue weighted by Gasteiger charge is 2.17. The second kappa shape index (κ2) is 10.5. The summed E-state index contributed by atoms with van der Waals surface area (Å²) in [5.41, 5.74) is 1.44. The Labute approximate surface area is 190 Å². The molecule has 3 amide bonds. The van der Waals surface area contributed by atoms with Crippen LogP contribution in [0.2, 0.25) is 0 Å². The molecule has 33 heavy (non-hydrogen) atoms. The zero-order chi connectivity index (χ0) is 23.8. The van der Waals surface area contributed by atoms with E-state index in [1.165, 1.54) is 30.5 Å². The first-order valence-corrected chi connectivity index (χ1v) is 11.2. The lowest BCUT2D eigenvalue weighted by atomic mass is 10.2. The van der Waals surface area contributed by atoms with Crippen molar-refractivity contribution in [2.24, 2.45) is 0 Å². The van der Waals surface area contributed by atoms with Crippen molar-refractivity contribution < 1.29 is 32.0 Å². The predicted molar refractivity (Wildman–Crippen MR) is 118 cm³/mol. The molecule has 0 aliphatic heterocycles. The smallest absolute Gasteiger partial charge is 0.338 e. The normalized spacial score (nSPS) is 10.8. The van der Waals surface area contributed by atoms with Gasteiger partial charge in [0.05, 0.1) is 23.3 Å². The summed E-state index contributed by atoms with van der Waals surface area (Å²) in [5, 5.41) is 4.42. The van der Waals surface area contributed by atoms with E-state index < -0.39 is 34.5 Å². The van der Waals surface area contributed by atoms with Crippen molar-refractivity contribution in [2.45, 2.75) is 18.4 Å². The molecule has 1 heterocycles. The summed E-state index contributed by atoms with van der Waals surface area (Å²) in [4.78, 5) is 35.5. The number of rotatable bonds is 8. The van der Waals surface area contributed by atoms with Gasteiger partial charge in [-0.25, -0.2) is 18.0 Å². The number of hydrogen-bond acceptors (Lipinski definition) is 7. The summed E-state index contributed by atoms with van der Waals surface area (Å²) in [5.74, 6) is -1.18. The third-order valence-corrected chi connectivity index (χ3v) is 5.69. The topological polar surface area (TPSA) is 144 Å². The average molecular weight is 471 g/mol. The maximum Gasteiger partial charge on any atom is 0.338 e.